The summed E-state index contributed by atoms with van der Waals surface area (Å²) in [6, 6.07) is 6.07. The number of carboxylic acids is 1. The van der Waals surface area contributed by atoms with Crippen LogP contribution in [-0.4, -0.2) is 35.0 Å². The van der Waals surface area contributed by atoms with Crippen LogP contribution >= 0.6 is 0 Å². The lowest BCUT2D eigenvalue weighted by Gasteiger charge is -2.19. The third-order valence-electron chi connectivity index (χ3n) is 4.13. The summed E-state index contributed by atoms with van der Waals surface area (Å²) >= 11 is 0. The van der Waals surface area contributed by atoms with Crippen molar-refractivity contribution in [2.45, 2.75) is 27.2 Å². The number of nitrogens with zero attached hydrogens (tertiary/aromatic N) is 1. The predicted molar refractivity (Wildman–Crippen MR) is 81.9 cm³/mol. The molecule has 1 fully saturated rings. The molecule has 1 atom stereocenters. The van der Waals surface area contributed by atoms with Gasteiger partial charge >= 0.3 is 5.97 Å². The maximum atomic E-state index is 12.2. The third kappa shape index (κ3) is 3.32. The molecule has 1 N–H and O–H groups in total. The molecule has 0 radical (unpaired) electrons. The molecule has 0 saturated carbocycles. The van der Waals surface area contributed by atoms with Gasteiger partial charge in [0.05, 0.1) is 5.41 Å². The van der Waals surface area contributed by atoms with Gasteiger partial charge in [-0.05, 0) is 44.4 Å². The van der Waals surface area contributed by atoms with Crippen LogP contribution < -0.4 is 0 Å². The smallest absolute Gasteiger partial charge is 0.311 e. The summed E-state index contributed by atoms with van der Waals surface area (Å²) in [7, 11) is 0. The van der Waals surface area contributed by atoms with E-state index in [1.807, 2.05) is 26.0 Å². The van der Waals surface area contributed by atoms with Crippen molar-refractivity contribution >= 4 is 18.0 Å². The summed E-state index contributed by atoms with van der Waals surface area (Å²) in [6.07, 6.45) is 3.84. The van der Waals surface area contributed by atoms with Crippen LogP contribution in [-0.2, 0) is 9.59 Å². The molecule has 1 heterocycles. The Morgan fingerprint density at radius 2 is 2.05 bits per heavy atom. The number of carbonyl (C=O) groups is 2. The number of amides is 1. The van der Waals surface area contributed by atoms with E-state index >= 15 is 0 Å². The van der Waals surface area contributed by atoms with E-state index in [9.17, 15) is 14.7 Å². The lowest BCUT2D eigenvalue weighted by atomic mass is 9.90. The van der Waals surface area contributed by atoms with Gasteiger partial charge in [0.1, 0.15) is 0 Å². The second kappa shape index (κ2) is 5.72. The van der Waals surface area contributed by atoms with E-state index in [1.54, 1.807) is 17.9 Å². The number of hydrogen-bond donors (Lipinski definition) is 1. The highest BCUT2D eigenvalue weighted by molar-refractivity contribution is 5.92. The molecule has 1 saturated heterocycles. The van der Waals surface area contributed by atoms with Crippen LogP contribution in [0.3, 0.4) is 0 Å². The molecule has 112 valence electrons. The third-order valence-corrected chi connectivity index (χ3v) is 4.13. The highest BCUT2D eigenvalue weighted by Gasteiger charge is 2.41. The molecule has 1 aromatic rings. The fourth-order valence-electron chi connectivity index (χ4n) is 2.60. The number of carbonyl (C=O) groups excluding carboxylic acids is 1. The molecule has 1 aliphatic rings. The molecule has 0 aliphatic carbocycles. The van der Waals surface area contributed by atoms with Gasteiger partial charge in [0.25, 0.3) is 0 Å². The summed E-state index contributed by atoms with van der Waals surface area (Å²) in [5.74, 6) is -0.962. The van der Waals surface area contributed by atoms with Gasteiger partial charge in [0, 0.05) is 19.2 Å². The lowest BCUT2D eigenvalue weighted by molar-refractivity contribution is -0.147. The quantitative estimate of drug-likeness (QED) is 0.869. The standard InChI is InChI=1S/C17H21NO3/c1-12-4-5-14(13(2)10-12)6-7-15(19)18-9-8-17(3,11-18)16(20)21/h4-7,10H,8-9,11H2,1-3H3,(H,20,21). The molecule has 2 rings (SSSR count). The number of rotatable bonds is 3. The number of carboxylic acid groups (broad SMARTS) is 1. The summed E-state index contributed by atoms with van der Waals surface area (Å²) < 4.78 is 0. The van der Waals surface area contributed by atoms with Gasteiger partial charge in [-0.2, -0.15) is 0 Å². The maximum Gasteiger partial charge on any atom is 0.311 e. The Bertz CT molecular complexity index is 606. The molecule has 21 heavy (non-hydrogen) atoms. The van der Waals surface area contributed by atoms with Crippen LogP contribution in [0.4, 0.5) is 0 Å². The Kier molecular flexibility index (Phi) is 4.16. The number of aryl methyl sites for hydroxylation is 2. The Labute approximate surface area is 125 Å². The topological polar surface area (TPSA) is 57.6 Å². The van der Waals surface area contributed by atoms with Gasteiger partial charge in [0.2, 0.25) is 5.91 Å². The minimum absolute atomic E-state index is 0.125. The van der Waals surface area contributed by atoms with Crippen molar-refractivity contribution in [1.82, 2.24) is 4.90 Å². The second-order valence-corrected chi connectivity index (χ2v) is 6.07. The molecule has 0 spiro atoms. The van der Waals surface area contributed by atoms with Crippen LogP contribution in [0.2, 0.25) is 0 Å². The van der Waals surface area contributed by atoms with E-state index < -0.39 is 11.4 Å². The molecule has 4 heteroatoms. The molecule has 1 aromatic carbocycles. The van der Waals surface area contributed by atoms with E-state index in [1.165, 1.54) is 11.6 Å². The van der Waals surface area contributed by atoms with Crippen LogP contribution in [0.5, 0.6) is 0 Å². The number of aliphatic carboxylic acids is 1. The summed E-state index contributed by atoms with van der Waals surface area (Å²) in [6.45, 7) is 6.50. The van der Waals surface area contributed by atoms with Crippen molar-refractivity contribution in [2.75, 3.05) is 13.1 Å². The summed E-state index contributed by atoms with van der Waals surface area (Å²) in [5.41, 5.74) is 2.50. The zero-order valence-electron chi connectivity index (χ0n) is 12.7. The van der Waals surface area contributed by atoms with Gasteiger partial charge in [-0.1, -0.05) is 23.8 Å². The zero-order valence-corrected chi connectivity index (χ0v) is 12.7. The average Bonchev–Trinajstić information content (AvgIpc) is 2.82. The molecule has 1 unspecified atom stereocenters. The largest absolute Gasteiger partial charge is 0.481 e. The van der Waals surface area contributed by atoms with E-state index in [2.05, 4.69) is 6.07 Å². The second-order valence-electron chi connectivity index (χ2n) is 6.07. The molecule has 1 aliphatic heterocycles. The summed E-state index contributed by atoms with van der Waals surface area (Å²) in [4.78, 5) is 25.0. The minimum Gasteiger partial charge on any atom is -0.481 e. The van der Waals surface area contributed by atoms with Gasteiger partial charge in [0.15, 0.2) is 0 Å². The van der Waals surface area contributed by atoms with E-state index in [0.717, 1.165) is 11.1 Å². The monoisotopic (exact) mass is 287 g/mol. The van der Waals surface area contributed by atoms with Gasteiger partial charge in [-0.15, -0.1) is 0 Å². The maximum absolute atomic E-state index is 12.2. The zero-order chi connectivity index (χ0) is 15.6. The molecular weight excluding hydrogens is 266 g/mol. The summed E-state index contributed by atoms with van der Waals surface area (Å²) in [5, 5.41) is 9.19. The van der Waals surface area contributed by atoms with Gasteiger partial charge in [-0.3, -0.25) is 9.59 Å². The van der Waals surface area contributed by atoms with Crippen molar-refractivity contribution in [3.63, 3.8) is 0 Å². The van der Waals surface area contributed by atoms with Crippen molar-refractivity contribution in [2.24, 2.45) is 5.41 Å². The fourth-order valence-corrected chi connectivity index (χ4v) is 2.60. The Hall–Kier alpha value is -2.10. The van der Waals surface area contributed by atoms with E-state index in [4.69, 9.17) is 0 Å². The Balaban J connectivity index is 2.05. The van der Waals surface area contributed by atoms with E-state index in [-0.39, 0.29) is 12.5 Å². The number of likely N-dealkylation sites (tertiary alicyclic amines) is 1. The molecule has 1 amide bonds. The van der Waals surface area contributed by atoms with Crippen molar-refractivity contribution in [1.29, 1.82) is 0 Å². The fraction of sp³-hybridized carbons (Fsp3) is 0.412. The molecular formula is C17H21NO3. The first-order valence-electron chi connectivity index (χ1n) is 7.09. The van der Waals surface area contributed by atoms with Crippen LogP contribution in [0.15, 0.2) is 24.3 Å². The number of benzene rings is 1. The van der Waals surface area contributed by atoms with Crippen LogP contribution in [0.25, 0.3) is 6.08 Å². The lowest BCUT2D eigenvalue weighted by Crippen LogP contribution is -2.34. The van der Waals surface area contributed by atoms with Crippen LogP contribution in [0.1, 0.15) is 30.0 Å². The Morgan fingerprint density at radius 3 is 2.62 bits per heavy atom. The van der Waals surface area contributed by atoms with E-state index in [0.29, 0.717) is 13.0 Å². The van der Waals surface area contributed by atoms with Gasteiger partial charge in [-0.25, -0.2) is 0 Å². The first-order valence-corrected chi connectivity index (χ1v) is 7.09. The molecule has 4 nitrogen and oxygen atoms in total. The van der Waals surface area contributed by atoms with Crippen molar-refractivity contribution < 1.29 is 14.7 Å². The van der Waals surface area contributed by atoms with Crippen molar-refractivity contribution in [3.8, 4) is 0 Å². The average molecular weight is 287 g/mol. The predicted octanol–water partition coefficient (Wildman–Crippen LogP) is 2.64. The SMILES string of the molecule is Cc1ccc(C=CC(=O)N2CCC(C)(C(=O)O)C2)c(C)c1. The first-order chi connectivity index (χ1) is 9.82. The van der Waals surface area contributed by atoms with Crippen molar-refractivity contribution in [3.05, 3.63) is 41.0 Å². The number of hydrogen-bond acceptors (Lipinski definition) is 2. The molecule has 0 bridgehead atoms. The Morgan fingerprint density at radius 1 is 1.33 bits per heavy atom. The normalized spacial score (nSPS) is 22.0. The highest BCUT2D eigenvalue weighted by Crippen LogP contribution is 2.30. The molecule has 0 aromatic heterocycles. The van der Waals surface area contributed by atoms with Gasteiger partial charge < -0.3 is 10.0 Å². The highest BCUT2D eigenvalue weighted by atomic mass is 16.4. The first kappa shape index (κ1) is 15.3. The minimum atomic E-state index is -0.837. The van der Waals surface area contributed by atoms with Crippen LogP contribution in [0, 0.1) is 19.3 Å².